The zero-order valence-electron chi connectivity index (χ0n) is 11.4. The molecule has 1 aliphatic carbocycles. The molecule has 0 radical (unpaired) electrons. The normalized spacial score (nSPS) is 14.2. The lowest BCUT2D eigenvalue weighted by molar-refractivity contribution is -0.0658. The summed E-state index contributed by atoms with van der Waals surface area (Å²) in [5.41, 5.74) is 0.710. The molecular weight excluding hydrogens is 258 g/mol. The predicted octanol–water partition coefficient (Wildman–Crippen LogP) is 1.66. The summed E-state index contributed by atoms with van der Waals surface area (Å²) in [4.78, 5) is 25.5. The summed E-state index contributed by atoms with van der Waals surface area (Å²) in [6.45, 7) is 3.55. The van der Waals surface area contributed by atoms with E-state index in [0.29, 0.717) is 16.8 Å². The fourth-order valence-corrected chi connectivity index (χ4v) is 2.08. The SMILES string of the molecule is COC(C)(C)n1nc2c(n1)-c1ccccc1C(=O)C2=O. The van der Waals surface area contributed by atoms with Crippen molar-refractivity contribution in [2.75, 3.05) is 7.11 Å². The van der Waals surface area contributed by atoms with Gasteiger partial charge in [-0.3, -0.25) is 9.59 Å². The van der Waals surface area contributed by atoms with Gasteiger partial charge in [0.2, 0.25) is 5.78 Å². The molecule has 1 aromatic heterocycles. The van der Waals surface area contributed by atoms with Gasteiger partial charge in [0.25, 0.3) is 5.78 Å². The predicted molar refractivity (Wildman–Crippen MR) is 70.5 cm³/mol. The molecule has 0 amide bonds. The van der Waals surface area contributed by atoms with Gasteiger partial charge in [0.1, 0.15) is 5.69 Å². The van der Waals surface area contributed by atoms with Crippen LogP contribution in [0.4, 0.5) is 0 Å². The van der Waals surface area contributed by atoms with Crippen molar-refractivity contribution < 1.29 is 14.3 Å². The molecule has 0 spiro atoms. The summed E-state index contributed by atoms with van der Waals surface area (Å²) in [7, 11) is 1.53. The van der Waals surface area contributed by atoms with Crippen molar-refractivity contribution >= 4 is 11.6 Å². The summed E-state index contributed by atoms with van der Waals surface area (Å²) in [6, 6.07) is 6.90. The minimum atomic E-state index is -0.796. The number of aromatic nitrogens is 3. The number of hydrogen-bond donors (Lipinski definition) is 0. The van der Waals surface area contributed by atoms with E-state index in [1.807, 2.05) is 0 Å². The van der Waals surface area contributed by atoms with Crippen molar-refractivity contribution in [3.8, 4) is 11.3 Å². The Morgan fingerprint density at radius 1 is 1.00 bits per heavy atom. The van der Waals surface area contributed by atoms with Gasteiger partial charge in [-0.1, -0.05) is 24.3 Å². The molecule has 3 rings (SSSR count). The van der Waals surface area contributed by atoms with Crippen LogP contribution in [0.1, 0.15) is 34.7 Å². The Morgan fingerprint density at radius 2 is 1.60 bits per heavy atom. The van der Waals surface area contributed by atoms with Crippen LogP contribution in [0.3, 0.4) is 0 Å². The minimum absolute atomic E-state index is 0.0822. The van der Waals surface area contributed by atoms with E-state index in [4.69, 9.17) is 4.74 Å². The van der Waals surface area contributed by atoms with Crippen LogP contribution >= 0.6 is 0 Å². The molecule has 0 N–H and O–H groups in total. The third-order valence-electron chi connectivity index (χ3n) is 3.44. The monoisotopic (exact) mass is 271 g/mol. The van der Waals surface area contributed by atoms with Crippen LogP contribution in [0.2, 0.25) is 0 Å². The second-order valence-electron chi connectivity index (χ2n) is 5.04. The average molecular weight is 271 g/mol. The van der Waals surface area contributed by atoms with Gasteiger partial charge in [0.15, 0.2) is 11.4 Å². The number of Topliss-reactive ketones (excluding diaryl/α,β-unsaturated/α-hetero) is 2. The van der Waals surface area contributed by atoms with Gasteiger partial charge in [0.05, 0.1) is 0 Å². The number of rotatable bonds is 2. The first-order chi connectivity index (χ1) is 9.45. The number of carbonyl (C=O) groups excluding carboxylic acids is 2. The van der Waals surface area contributed by atoms with Gasteiger partial charge in [-0.25, -0.2) is 0 Å². The van der Waals surface area contributed by atoms with Gasteiger partial charge in [-0.15, -0.1) is 10.2 Å². The van der Waals surface area contributed by atoms with E-state index in [2.05, 4.69) is 10.2 Å². The van der Waals surface area contributed by atoms with E-state index in [1.54, 1.807) is 38.1 Å². The van der Waals surface area contributed by atoms with Crippen molar-refractivity contribution in [3.05, 3.63) is 35.5 Å². The second kappa shape index (κ2) is 4.08. The first-order valence-corrected chi connectivity index (χ1v) is 6.17. The Bertz CT molecular complexity index is 731. The minimum Gasteiger partial charge on any atom is -0.356 e. The highest BCUT2D eigenvalue weighted by Crippen LogP contribution is 2.31. The highest BCUT2D eigenvalue weighted by molar-refractivity contribution is 6.52. The maximum absolute atomic E-state index is 12.1. The number of carbonyl (C=O) groups is 2. The summed E-state index contributed by atoms with van der Waals surface area (Å²) in [5, 5.41) is 8.46. The van der Waals surface area contributed by atoms with Crippen LogP contribution in [0, 0.1) is 0 Å². The number of nitrogens with zero attached hydrogens (tertiary/aromatic N) is 3. The maximum Gasteiger partial charge on any atom is 0.256 e. The zero-order valence-corrected chi connectivity index (χ0v) is 11.4. The number of ether oxygens (including phenoxy) is 1. The van der Waals surface area contributed by atoms with Gasteiger partial charge in [-0.2, -0.15) is 4.80 Å². The Kier molecular flexibility index (Phi) is 2.58. The van der Waals surface area contributed by atoms with Gasteiger partial charge in [0, 0.05) is 18.2 Å². The Hall–Kier alpha value is -2.34. The Morgan fingerprint density at radius 3 is 2.25 bits per heavy atom. The second-order valence-corrected chi connectivity index (χ2v) is 5.04. The number of fused-ring (bicyclic) bond motifs is 3. The molecule has 0 atom stereocenters. The standard InChI is InChI=1S/C14H13N3O3/c1-14(2,20-3)17-15-10-8-6-4-5-7-9(8)12(18)13(19)11(10)16-17/h4-7H,1-3H3. The van der Waals surface area contributed by atoms with Gasteiger partial charge < -0.3 is 4.74 Å². The molecule has 0 bridgehead atoms. The lowest BCUT2D eigenvalue weighted by Crippen LogP contribution is -2.31. The van der Waals surface area contributed by atoms with Crippen molar-refractivity contribution in [1.29, 1.82) is 0 Å². The van der Waals surface area contributed by atoms with E-state index in [1.165, 1.54) is 11.9 Å². The molecule has 6 nitrogen and oxygen atoms in total. The number of methoxy groups -OCH3 is 1. The number of ketones is 2. The summed E-state index contributed by atoms with van der Waals surface area (Å²) >= 11 is 0. The first kappa shape index (κ1) is 12.7. The Labute approximate surface area is 115 Å². The van der Waals surface area contributed by atoms with Crippen LogP contribution in [0.25, 0.3) is 11.3 Å². The fraction of sp³-hybridized carbons (Fsp3) is 0.286. The molecule has 1 aliphatic rings. The van der Waals surface area contributed by atoms with Gasteiger partial charge in [-0.05, 0) is 13.8 Å². The van der Waals surface area contributed by atoms with E-state index in [0.717, 1.165) is 0 Å². The molecular formula is C14H13N3O3. The number of benzene rings is 1. The molecule has 102 valence electrons. The number of hydrogen-bond acceptors (Lipinski definition) is 5. The van der Waals surface area contributed by atoms with Crippen molar-refractivity contribution in [2.24, 2.45) is 0 Å². The van der Waals surface area contributed by atoms with Crippen molar-refractivity contribution in [2.45, 2.75) is 19.6 Å². The van der Waals surface area contributed by atoms with E-state index in [9.17, 15) is 9.59 Å². The summed E-state index contributed by atoms with van der Waals surface area (Å²) in [6.07, 6.45) is 0. The van der Waals surface area contributed by atoms with Crippen LogP contribution in [0.5, 0.6) is 0 Å². The maximum atomic E-state index is 12.1. The molecule has 6 heteroatoms. The van der Waals surface area contributed by atoms with Crippen LogP contribution in [-0.2, 0) is 10.5 Å². The first-order valence-electron chi connectivity index (χ1n) is 6.17. The van der Waals surface area contributed by atoms with E-state index < -0.39 is 17.3 Å². The summed E-state index contributed by atoms with van der Waals surface area (Å²) in [5.74, 6) is -1.17. The molecule has 0 aliphatic heterocycles. The highest BCUT2D eigenvalue weighted by Gasteiger charge is 2.36. The third kappa shape index (κ3) is 1.61. The van der Waals surface area contributed by atoms with Crippen LogP contribution in [-0.4, -0.2) is 33.7 Å². The fourth-order valence-electron chi connectivity index (χ4n) is 2.08. The largest absolute Gasteiger partial charge is 0.356 e. The van der Waals surface area contributed by atoms with E-state index in [-0.39, 0.29) is 5.69 Å². The Balaban J connectivity index is 2.26. The highest BCUT2D eigenvalue weighted by atomic mass is 16.5. The van der Waals surface area contributed by atoms with Crippen LogP contribution in [0.15, 0.2) is 24.3 Å². The molecule has 0 saturated carbocycles. The molecule has 1 aromatic carbocycles. The third-order valence-corrected chi connectivity index (χ3v) is 3.44. The molecule has 0 unspecified atom stereocenters. The zero-order chi connectivity index (χ0) is 14.5. The van der Waals surface area contributed by atoms with Crippen molar-refractivity contribution in [1.82, 2.24) is 15.0 Å². The quantitative estimate of drug-likeness (QED) is 0.777. The lowest BCUT2D eigenvalue weighted by atomic mass is 9.90. The average Bonchev–Trinajstić information content (AvgIpc) is 2.91. The van der Waals surface area contributed by atoms with Crippen LogP contribution < -0.4 is 0 Å². The summed E-state index contributed by atoms with van der Waals surface area (Å²) < 4.78 is 5.29. The molecule has 0 fully saturated rings. The molecule has 2 aromatic rings. The smallest absolute Gasteiger partial charge is 0.256 e. The van der Waals surface area contributed by atoms with Gasteiger partial charge >= 0.3 is 0 Å². The van der Waals surface area contributed by atoms with Crippen molar-refractivity contribution in [3.63, 3.8) is 0 Å². The molecule has 1 heterocycles. The topological polar surface area (TPSA) is 74.1 Å². The van der Waals surface area contributed by atoms with E-state index >= 15 is 0 Å². The molecule has 0 saturated heterocycles. The molecule has 20 heavy (non-hydrogen) atoms. The lowest BCUT2D eigenvalue weighted by Gasteiger charge is -2.21.